The third-order valence-electron chi connectivity index (χ3n) is 4.26. The van der Waals surface area contributed by atoms with Crippen LogP contribution >= 0.6 is 0 Å². The molecule has 2 saturated heterocycles. The molecule has 4 nitrogen and oxygen atoms in total. The van der Waals surface area contributed by atoms with Gasteiger partial charge in [-0.25, -0.2) is 0 Å². The molecule has 2 rings (SSSR count). The molecule has 2 unspecified atom stereocenters. The Labute approximate surface area is 135 Å². The Morgan fingerprint density at radius 3 is 1.67 bits per heavy atom. The molecule has 0 amide bonds. The van der Waals surface area contributed by atoms with Crippen molar-refractivity contribution in [2.45, 2.75) is 45.0 Å². The molecule has 0 aromatic rings. The van der Waals surface area contributed by atoms with Crippen molar-refractivity contribution in [1.82, 2.24) is 9.80 Å². The fourth-order valence-electron chi connectivity index (χ4n) is 2.57. The SMILES string of the molecule is CC(C)N1CC(CS(C)=O)C1.CC(C)N1CC(S(C)=O)C1. The highest BCUT2D eigenvalue weighted by molar-refractivity contribution is 7.85. The van der Waals surface area contributed by atoms with Crippen molar-refractivity contribution in [2.24, 2.45) is 5.92 Å². The standard InChI is InChI=1S/C8H17NOS.C7H15NOS/c1-7(2)9-4-8(5-9)6-11(3)10;1-6(2)8-4-7(5-8)10(3)9/h7-8H,4-6H2,1-3H3;6-7H,4-5H2,1-3H3. The number of hydrogen-bond donors (Lipinski definition) is 0. The van der Waals surface area contributed by atoms with Crippen molar-refractivity contribution in [1.29, 1.82) is 0 Å². The summed E-state index contributed by atoms with van der Waals surface area (Å²) in [6.07, 6.45) is 3.58. The van der Waals surface area contributed by atoms with Gasteiger partial charge in [0.2, 0.25) is 0 Å². The minimum absolute atomic E-state index is 0.447. The number of hydrogen-bond acceptors (Lipinski definition) is 4. The number of likely N-dealkylation sites (tertiary alicyclic amines) is 2. The molecule has 2 aliphatic heterocycles. The molecule has 0 bridgehead atoms. The van der Waals surface area contributed by atoms with Crippen molar-refractivity contribution >= 4 is 21.6 Å². The molecule has 0 aromatic carbocycles. The van der Waals surface area contributed by atoms with E-state index < -0.39 is 21.6 Å². The first-order valence-electron chi connectivity index (χ1n) is 7.81. The molecule has 0 spiro atoms. The average molecular weight is 337 g/mol. The molecule has 21 heavy (non-hydrogen) atoms. The minimum Gasteiger partial charge on any atom is -0.300 e. The second-order valence-corrected chi connectivity index (χ2v) is 9.97. The van der Waals surface area contributed by atoms with E-state index in [1.54, 1.807) is 12.5 Å². The van der Waals surface area contributed by atoms with Gasteiger partial charge in [-0.2, -0.15) is 0 Å². The lowest BCUT2D eigenvalue weighted by Gasteiger charge is -2.41. The molecule has 2 atom stereocenters. The summed E-state index contributed by atoms with van der Waals surface area (Å²) in [6, 6.07) is 1.29. The summed E-state index contributed by atoms with van der Waals surface area (Å²) in [5.74, 6) is 1.59. The van der Waals surface area contributed by atoms with Crippen LogP contribution in [0.15, 0.2) is 0 Å². The first kappa shape index (κ1) is 19.3. The van der Waals surface area contributed by atoms with E-state index in [0.717, 1.165) is 31.9 Å². The monoisotopic (exact) mass is 336 g/mol. The summed E-state index contributed by atoms with van der Waals surface area (Å²) in [5.41, 5.74) is 0. The molecule has 0 N–H and O–H groups in total. The van der Waals surface area contributed by atoms with Crippen LogP contribution < -0.4 is 0 Å². The maximum Gasteiger partial charge on any atom is 0.0599 e. The molecule has 6 heteroatoms. The molecule has 2 heterocycles. The normalized spacial score (nSPS) is 24.2. The van der Waals surface area contributed by atoms with Gasteiger partial charge in [0.15, 0.2) is 0 Å². The van der Waals surface area contributed by atoms with Crippen LogP contribution in [0.25, 0.3) is 0 Å². The molecular formula is C15H32N2O2S2. The minimum atomic E-state index is -0.602. The van der Waals surface area contributed by atoms with E-state index in [9.17, 15) is 8.42 Å². The highest BCUT2D eigenvalue weighted by atomic mass is 32.2. The Hall–Kier alpha value is 0.220. The van der Waals surface area contributed by atoms with Gasteiger partial charge >= 0.3 is 0 Å². The van der Waals surface area contributed by atoms with Gasteiger partial charge in [-0.1, -0.05) is 0 Å². The lowest BCUT2D eigenvalue weighted by molar-refractivity contribution is 0.0809. The van der Waals surface area contributed by atoms with Crippen molar-refractivity contribution in [3.8, 4) is 0 Å². The molecule has 0 aliphatic carbocycles. The quantitative estimate of drug-likeness (QED) is 0.755. The van der Waals surface area contributed by atoms with Crippen LogP contribution in [0.5, 0.6) is 0 Å². The molecule has 0 saturated carbocycles. The van der Waals surface area contributed by atoms with Crippen LogP contribution in [0.4, 0.5) is 0 Å². The van der Waals surface area contributed by atoms with Crippen molar-refractivity contribution in [3.63, 3.8) is 0 Å². The Balaban J connectivity index is 0.000000211. The van der Waals surface area contributed by atoms with E-state index >= 15 is 0 Å². The lowest BCUT2D eigenvalue weighted by atomic mass is 10.0. The second-order valence-electron chi connectivity index (χ2n) is 6.82. The Bertz CT molecular complexity index is 363. The fourth-order valence-corrected chi connectivity index (χ4v) is 4.25. The zero-order valence-electron chi connectivity index (χ0n) is 14.4. The molecule has 0 radical (unpaired) electrons. The third kappa shape index (κ3) is 6.47. The zero-order valence-corrected chi connectivity index (χ0v) is 16.0. The topological polar surface area (TPSA) is 40.6 Å². The van der Waals surface area contributed by atoms with Crippen LogP contribution in [0, 0.1) is 5.92 Å². The van der Waals surface area contributed by atoms with Crippen LogP contribution in [0.3, 0.4) is 0 Å². The Morgan fingerprint density at radius 2 is 1.33 bits per heavy atom. The lowest BCUT2D eigenvalue weighted by Crippen LogP contribution is -2.55. The number of rotatable bonds is 5. The van der Waals surface area contributed by atoms with Crippen molar-refractivity contribution < 1.29 is 8.42 Å². The molecular weight excluding hydrogens is 304 g/mol. The summed E-state index contributed by atoms with van der Waals surface area (Å²) in [6.45, 7) is 13.1. The van der Waals surface area contributed by atoms with Crippen LogP contribution in [0.2, 0.25) is 0 Å². The van der Waals surface area contributed by atoms with Gasteiger partial charge in [-0.3, -0.25) is 13.3 Å². The van der Waals surface area contributed by atoms with E-state index in [4.69, 9.17) is 0 Å². The van der Waals surface area contributed by atoms with Crippen LogP contribution in [-0.4, -0.2) is 80.0 Å². The number of nitrogens with zero attached hydrogens (tertiary/aromatic N) is 2. The highest BCUT2D eigenvalue weighted by Gasteiger charge is 2.30. The van der Waals surface area contributed by atoms with Gasteiger partial charge in [0.05, 0.1) is 5.25 Å². The van der Waals surface area contributed by atoms with E-state index in [2.05, 4.69) is 37.5 Å². The van der Waals surface area contributed by atoms with Crippen molar-refractivity contribution in [2.75, 3.05) is 44.4 Å². The fraction of sp³-hybridized carbons (Fsp3) is 1.00. The van der Waals surface area contributed by atoms with Gasteiger partial charge in [-0.05, 0) is 33.6 Å². The Kier molecular flexibility index (Phi) is 8.03. The summed E-state index contributed by atoms with van der Waals surface area (Å²) in [7, 11) is -1.20. The van der Waals surface area contributed by atoms with Crippen LogP contribution in [-0.2, 0) is 21.6 Å². The molecule has 2 aliphatic rings. The predicted molar refractivity (Wildman–Crippen MR) is 93.7 cm³/mol. The summed E-state index contributed by atoms with van der Waals surface area (Å²) < 4.78 is 21.7. The first-order valence-corrected chi connectivity index (χ1v) is 11.2. The molecule has 126 valence electrons. The van der Waals surface area contributed by atoms with Crippen molar-refractivity contribution in [3.05, 3.63) is 0 Å². The highest BCUT2D eigenvalue weighted by Crippen LogP contribution is 2.18. The summed E-state index contributed by atoms with van der Waals surface area (Å²) in [4.78, 5) is 4.75. The third-order valence-corrected chi connectivity index (χ3v) is 6.44. The van der Waals surface area contributed by atoms with E-state index in [1.807, 2.05) is 0 Å². The first-order chi connectivity index (χ1) is 9.70. The average Bonchev–Trinajstić information content (AvgIpc) is 2.19. The van der Waals surface area contributed by atoms with E-state index in [-0.39, 0.29) is 0 Å². The maximum absolute atomic E-state index is 10.9. The van der Waals surface area contributed by atoms with Gasteiger partial charge in [0.25, 0.3) is 0 Å². The van der Waals surface area contributed by atoms with Gasteiger partial charge in [0.1, 0.15) is 0 Å². The van der Waals surface area contributed by atoms with Gasteiger partial charge in [0, 0.05) is 78.1 Å². The van der Waals surface area contributed by atoms with Crippen LogP contribution in [0.1, 0.15) is 27.7 Å². The van der Waals surface area contributed by atoms with E-state index in [1.165, 1.54) is 0 Å². The smallest absolute Gasteiger partial charge is 0.0599 e. The van der Waals surface area contributed by atoms with Gasteiger partial charge in [-0.15, -0.1) is 0 Å². The molecule has 0 aromatic heterocycles. The zero-order chi connectivity index (χ0) is 16.2. The maximum atomic E-state index is 10.9. The van der Waals surface area contributed by atoms with E-state index in [0.29, 0.717) is 23.3 Å². The Morgan fingerprint density at radius 1 is 0.905 bits per heavy atom. The summed E-state index contributed by atoms with van der Waals surface area (Å²) >= 11 is 0. The largest absolute Gasteiger partial charge is 0.300 e. The summed E-state index contributed by atoms with van der Waals surface area (Å²) in [5, 5.41) is 0.447. The second kappa shape index (κ2) is 8.75. The predicted octanol–water partition coefficient (Wildman–Crippen LogP) is 1.16. The molecule has 2 fully saturated rings. The van der Waals surface area contributed by atoms with Gasteiger partial charge < -0.3 is 4.90 Å².